The van der Waals surface area contributed by atoms with Crippen LogP contribution < -0.4 is 5.32 Å². The van der Waals surface area contributed by atoms with Crippen LogP contribution in [0.5, 0.6) is 0 Å². The molecule has 0 saturated carbocycles. The second-order valence-electron chi connectivity index (χ2n) is 8.55. The number of nitrogens with one attached hydrogen (secondary N) is 1. The van der Waals surface area contributed by atoms with Crippen LogP contribution in [0.1, 0.15) is 37.0 Å². The lowest BCUT2D eigenvalue weighted by Gasteiger charge is -2.32. The predicted molar refractivity (Wildman–Crippen MR) is 134 cm³/mol. The highest BCUT2D eigenvalue weighted by molar-refractivity contribution is 6.31. The topological polar surface area (TPSA) is 49.4 Å². The number of hydrogen-bond donors (Lipinski definition) is 1. The molecule has 0 saturated heterocycles. The van der Waals surface area contributed by atoms with E-state index in [1.54, 1.807) is 12.1 Å². The molecule has 0 bridgehead atoms. The van der Waals surface area contributed by atoms with Crippen LogP contribution in [0.2, 0.25) is 5.02 Å². The van der Waals surface area contributed by atoms with Crippen LogP contribution in [0.3, 0.4) is 0 Å². The van der Waals surface area contributed by atoms with Crippen molar-refractivity contribution >= 4 is 23.4 Å². The summed E-state index contributed by atoms with van der Waals surface area (Å²) >= 11 is 6.18. The molecule has 0 aliphatic heterocycles. The predicted octanol–water partition coefficient (Wildman–Crippen LogP) is 5.72. The molecule has 0 unspecified atom stereocenters. The minimum Gasteiger partial charge on any atom is -0.352 e. The van der Waals surface area contributed by atoms with Crippen molar-refractivity contribution in [1.29, 1.82) is 0 Å². The minimum absolute atomic E-state index is 0.0522. The van der Waals surface area contributed by atoms with Crippen LogP contribution in [-0.4, -0.2) is 28.8 Å². The molecular weight excluding hydrogens is 470 g/mol. The molecule has 1 N–H and O–H groups in total. The van der Waals surface area contributed by atoms with E-state index in [4.69, 9.17) is 11.6 Å². The fourth-order valence-corrected chi connectivity index (χ4v) is 3.97. The van der Waals surface area contributed by atoms with E-state index >= 15 is 0 Å². The molecule has 3 aromatic rings. The van der Waals surface area contributed by atoms with E-state index in [1.807, 2.05) is 44.2 Å². The van der Waals surface area contributed by atoms with Crippen molar-refractivity contribution in [1.82, 2.24) is 10.2 Å². The van der Waals surface area contributed by atoms with Crippen LogP contribution in [0.15, 0.2) is 72.8 Å². The van der Waals surface area contributed by atoms with E-state index in [0.29, 0.717) is 5.56 Å². The number of amides is 2. The van der Waals surface area contributed by atoms with Crippen LogP contribution in [0.4, 0.5) is 8.78 Å². The second-order valence-corrected chi connectivity index (χ2v) is 8.96. The zero-order valence-corrected chi connectivity index (χ0v) is 20.6. The molecule has 184 valence electrons. The van der Waals surface area contributed by atoms with Gasteiger partial charge >= 0.3 is 0 Å². The van der Waals surface area contributed by atoms with Crippen LogP contribution in [0, 0.1) is 11.6 Å². The smallest absolute Gasteiger partial charge is 0.243 e. The number of benzene rings is 3. The van der Waals surface area contributed by atoms with Gasteiger partial charge in [-0.05, 0) is 48.7 Å². The van der Waals surface area contributed by atoms with E-state index < -0.39 is 23.6 Å². The number of hydrogen-bond acceptors (Lipinski definition) is 2. The first-order valence-electron chi connectivity index (χ1n) is 11.6. The van der Waals surface area contributed by atoms with Gasteiger partial charge in [0.1, 0.15) is 17.7 Å². The normalized spacial score (nSPS) is 12.6. The van der Waals surface area contributed by atoms with Gasteiger partial charge in [-0.3, -0.25) is 9.59 Å². The second kappa shape index (κ2) is 12.5. The van der Waals surface area contributed by atoms with Gasteiger partial charge in [-0.2, -0.15) is 0 Å². The Morgan fingerprint density at radius 3 is 2.26 bits per heavy atom. The van der Waals surface area contributed by atoms with E-state index in [9.17, 15) is 18.4 Å². The number of nitrogens with zero attached hydrogens (tertiary/aromatic N) is 1. The molecule has 0 aliphatic carbocycles. The zero-order chi connectivity index (χ0) is 25.4. The van der Waals surface area contributed by atoms with Gasteiger partial charge in [0.05, 0.1) is 6.42 Å². The number of rotatable bonds is 10. The van der Waals surface area contributed by atoms with Crippen molar-refractivity contribution in [3.8, 4) is 0 Å². The summed E-state index contributed by atoms with van der Waals surface area (Å²) in [4.78, 5) is 28.5. The van der Waals surface area contributed by atoms with Crippen molar-refractivity contribution in [3.63, 3.8) is 0 Å². The van der Waals surface area contributed by atoms with E-state index in [0.717, 1.165) is 12.0 Å². The monoisotopic (exact) mass is 498 g/mol. The largest absolute Gasteiger partial charge is 0.352 e. The van der Waals surface area contributed by atoms with Crippen molar-refractivity contribution in [3.05, 3.63) is 106 Å². The number of halogens is 3. The van der Waals surface area contributed by atoms with Crippen LogP contribution in [0.25, 0.3) is 0 Å². The van der Waals surface area contributed by atoms with E-state index in [2.05, 4.69) is 5.32 Å². The maximum atomic E-state index is 14.5. The Balaban J connectivity index is 2.00. The molecule has 4 nitrogen and oxygen atoms in total. The molecular formula is C28H29ClF2N2O2. The maximum Gasteiger partial charge on any atom is 0.243 e. The summed E-state index contributed by atoms with van der Waals surface area (Å²) in [5.41, 5.74) is 1.59. The molecule has 0 fully saturated rings. The third-order valence-corrected chi connectivity index (χ3v) is 6.28. The lowest BCUT2D eigenvalue weighted by Crippen LogP contribution is -2.52. The lowest BCUT2D eigenvalue weighted by molar-refractivity contribution is -0.141. The van der Waals surface area contributed by atoms with Crippen molar-refractivity contribution in [2.24, 2.45) is 0 Å². The Morgan fingerprint density at radius 1 is 0.943 bits per heavy atom. The molecule has 0 aliphatic rings. The SMILES string of the molecule is CC[C@H](C)NC(=O)[C@H](Cc1ccccc1)N(Cc1ccc(F)cc1)C(=O)Cc1c(F)cccc1Cl. The molecule has 3 rings (SSSR count). The molecule has 2 atom stereocenters. The number of carbonyl (C=O) groups is 2. The van der Waals surface area contributed by atoms with Crippen LogP contribution >= 0.6 is 11.6 Å². The van der Waals surface area contributed by atoms with Gasteiger partial charge in [0.15, 0.2) is 0 Å². The molecule has 7 heteroatoms. The Labute approximate surface area is 209 Å². The Bertz CT molecular complexity index is 1120. The van der Waals surface area contributed by atoms with E-state index in [1.165, 1.54) is 35.2 Å². The van der Waals surface area contributed by atoms with Crippen LogP contribution in [-0.2, 0) is 29.0 Å². The first kappa shape index (κ1) is 26.4. The Kier molecular flexibility index (Phi) is 9.38. The first-order chi connectivity index (χ1) is 16.8. The molecule has 0 heterocycles. The highest BCUT2D eigenvalue weighted by atomic mass is 35.5. The average molecular weight is 499 g/mol. The highest BCUT2D eigenvalue weighted by Gasteiger charge is 2.31. The summed E-state index contributed by atoms with van der Waals surface area (Å²) in [5.74, 6) is -1.75. The van der Waals surface area contributed by atoms with Gasteiger partial charge in [0.25, 0.3) is 0 Å². The quantitative estimate of drug-likeness (QED) is 0.389. The maximum absolute atomic E-state index is 14.5. The summed E-state index contributed by atoms with van der Waals surface area (Å²) in [6.07, 6.45) is 0.677. The van der Waals surface area contributed by atoms with Crippen molar-refractivity contribution < 1.29 is 18.4 Å². The van der Waals surface area contributed by atoms with Gasteiger partial charge in [-0.25, -0.2) is 8.78 Å². The van der Waals surface area contributed by atoms with Gasteiger partial charge in [0, 0.05) is 29.6 Å². The van der Waals surface area contributed by atoms with Gasteiger partial charge < -0.3 is 10.2 Å². The fraction of sp³-hybridized carbons (Fsp3) is 0.286. The zero-order valence-electron chi connectivity index (χ0n) is 19.8. The summed E-state index contributed by atoms with van der Waals surface area (Å²) in [7, 11) is 0. The molecule has 3 aromatic carbocycles. The summed E-state index contributed by atoms with van der Waals surface area (Å²) in [6, 6.07) is 18.4. The number of carbonyl (C=O) groups excluding carboxylic acids is 2. The first-order valence-corrected chi connectivity index (χ1v) is 12.0. The summed E-state index contributed by atoms with van der Waals surface area (Å²) in [6.45, 7) is 3.90. The third kappa shape index (κ3) is 7.36. The lowest BCUT2D eigenvalue weighted by atomic mass is 10.0. The minimum atomic E-state index is -0.866. The highest BCUT2D eigenvalue weighted by Crippen LogP contribution is 2.22. The van der Waals surface area contributed by atoms with E-state index in [-0.39, 0.29) is 41.9 Å². The summed E-state index contributed by atoms with van der Waals surface area (Å²) in [5, 5.41) is 3.12. The van der Waals surface area contributed by atoms with Gasteiger partial charge in [-0.15, -0.1) is 0 Å². The molecule has 35 heavy (non-hydrogen) atoms. The molecule has 0 aromatic heterocycles. The van der Waals surface area contributed by atoms with Crippen molar-refractivity contribution in [2.45, 2.75) is 51.7 Å². The summed E-state index contributed by atoms with van der Waals surface area (Å²) < 4.78 is 28.0. The Morgan fingerprint density at radius 2 is 1.63 bits per heavy atom. The average Bonchev–Trinajstić information content (AvgIpc) is 2.85. The van der Waals surface area contributed by atoms with Crippen molar-refractivity contribution in [2.75, 3.05) is 0 Å². The Hall–Kier alpha value is -3.25. The third-order valence-electron chi connectivity index (χ3n) is 5.93. The molecule has 0 spiro atoms. The standard InChI is InChI=1S/C28H29ClF2N2O2/c1-3-19(2)32-28(35)26(16-20-8-5-4-6-9-20)33(18-21-12-14-22(30)15-13-21)27(34)17-23-24(29)10-7-11-25(23)31/h4-15,19,26H,3,16-18H2,1-2H3,(H,32,35)/t19-,26-/m0/s1. The molecule has 2 amide bonds. The molecule has 0 radical (unpaired) electrons. The van der Waals surface area contributed by atoms with Gasteiger partial charge in [-0.1, -0.05) is 67.1 Å². The van der Waals surface area contributed by atoms with Gasteiger partial charge in [0.2, 0.25) is 11.8 Å². The fourth-order valence-electron chi connectivity index (χ4n) is 3.74.